The number of imide groups is 1. The fourth-order valence-corrected chi connectivity index (χ4v) is 8.79. The predicted molar refractivity (Wildman–Crippen MR) is 223 cm³/mol. The molecule has 5 amide bonds. The number of likely N-dealkylation sites (N-methyl/N-ethyl adjacent to an activating group) is 1. The summed E-state index contributed by atoms with van der Waals surface area (Å²) in [5, 5.41) is 9.63. The zero-order chi connectivity index (χ0) is 42.2. The van der Waals surface area contributed by atoms with Crippen LogP contribution in [0.25, 0.3) is 22.0 Å². The van der Waals surface area contributed by atoms with E-state index < -0.39 is 33.4 Å². The van der Waals surface area contributed by atoms with Gasteiger partial charge in [0.15, 0.2) is 9.84 Å². The zero-order valence-corrected chi connectivity index (χ0v) is 34.3. The molecule has 1 saturated heterocycles. The minimum absolute atomic E-state index is 0.174. The summed E-state index contributed by atoms with van der Waals surface area (Å²) in [6.07, 6.45) is 7.28. The first-order valence-corrected chi connectivity index (χ1v) is 22.0. The Bertz CT molecular complexity index is 2540. The first-order chi connectivity index (χ1) is 28.1. The summed E-state index contributed by atoms with van der Waals surface area (Å²) < 4.78 is 27.0. The quantitative estimate of drug-likeness (QED) is 0.0820. The van der Waals surface area contributed by atoms with Gasteiger partial charge in [-0.15, -0.1) is 0 Å². The maximum absolute atomic E-state index is 13.9. The van der Waals surface area contributed by atoms with Gasteiger partial charge in [-0.3, -0.25) is 33.7 Å². The van der Waals surface area contributed by atoms with Gasteiger partial charge in [0.05, 0.1) is 5.75 Å². The van der Waals surface area contributed by atoms with Crippen LogP contribution in [-0.2, 0) is 45.2 Å². The van der Waals surface area contributed by atoms with E-state index in [1.807, 2.05) is 12.1 Å². The number of aromatic nitrogens is 2. The molecule has 0 spiro atoms. The van der Waals surface area contributed by atoms with Gasteiger partial charge in [-0.05, 0) is 85.4 Å². The lowest BCUT2D eigenvalue weighted by molar-refractivity contribution is -0.150. The topological polar surface area (TPSA) is 226 Å². The first kappa shape index (κ1) is 41.4. The number of pyridine rings is 1. The van der Waals surface area contributed by atoms with Crippen molar-refractivity contribution in [1.29, 1.82) is 0 Å². The molecule has 0 bridgehead atoms. The number of likely N-dealkylation sites (tertiary alicyclic amines) is 1. The van der Waals surface area contributed by atoms with Gasteiger partial charge in [0.2, 0.25) is 5.91 Å². The van der Waals surface area contributed by atoms with Crippen molar-refractivity contribution < 1.29 is 32.4 Å². The molecule has 59 heavy (non-hydrogen) atoms. The van der Waals surface area contributed by atoms with Crippen molar-refractivity contribution in [3.8, 4) is 11.1 Å². The maximum Gasteiger partial charge on any atom is 0.274 e. The van der Waals surface area contributed by atoms with Crippen molar-refractivity contribution in [2.75, 3.05) is 44.8 Å². The van der Waals surface area contributed by atoms with Crippen molar-refractivity contribution in [2.45, 2.75) is 63.3 Å². The molecule has 6 N–H and O–H groups in total. The van der Waals surface area contributed by atoms with E-state index >= 15 is 0 Å². The SMILES string of the molecule is CN1C(=O)CCC(N2Cc3c(CCCCNC(=O)c4cc(NCC5CC5)c(-c5cn(C)c(=O)c6[nH]c(C(=O)NCCN)cc56)cc4CS(C)(=O)=O)cccc3C2=O)C1=O. The standard InChI is InChI=1S/C42H50N8O8S/c1-48-21-32(30-19-34(39(53)45-16-14-43)47-37(30)42(48)56)29-17-26(23-59(3,57)58)28(18-33(29)46-20-24-10-11-24)38(52)44-15-5-4-7-25-8-6-9-27-31(25)22-50(40(27)54)35-12-13-36(51)49(2)41(35)55/h6,8-9,17-19,21,24,35,46-47H,4-5,7,10-16,20,22-23,43H2,1-3H3,(H,44,52)(H,45,53). The number of piperidine rings is 1. The fraction of sp³-hybridized carbons (Fsp3) is 0.429. The Morgan fingerprint density at radius 1 is 0.915 bits per heavy atom. The number of hydrogen-bond acceptors (Lipinski definition) is 10. The maximum atomic E-state index is 13.9. The molecule has 1 aliphatic carbocycles. The van der Waals surface area contributed by atoms with E-state index in [2.05, 4.69) is 20.9 Å². The van der Waals surface area contributed by atoms with Crippen LogP contribution < -0.4 is 27.2 Å². The van der Waals surface area contributed by atoms with Gasteiger partial charge in [0, 0.05) is 99.0 Å². The number of hydrogen-bond donors (Lipinski definition) is 5. The zero-order valence-electron chi connectivity index (χ0n) is 33.5. The van der Waals surface area contributed by atoms with E-state index in [4.69, 9.17) is 5.73 Å². The third kappa shape index (κ3) is 8.81. The molecule has 17 heteroatoms. The minimum Gasteiger partial charge on any atom is -0.384 e. The van der Waals surface area contributed by atoms with E-state index in [0.29, 0.717) is 72.5 Å². The number of fused-ring (bicyclic) bond motifs is 2. The van der Waals surface area contributed by atoms with E-state index in [1.54, 1.807) is 42.4 Å². The van der Waals surface area contributed by atoms with Gasteiger partial charge in [-0.25, -0.2) is 8.42 Å². The van der Waals surface area contributed by atoms with Crippen LogP contribution in [0.5, 0.6) is 0 Å². The number of nitrogens with one attached hydrogen (secondary N) is 4. The second-order valence-corrected chi connectivity index (χ2v) is 18.0. The first-order valence-electron chi connectivity index (χ1n) is 19.9. The second-order valence-electron chi connectivity index (χ2n) is 15.9. The summed E-state index contributed by atoms with van der Waals surface area (Å²) in [4.78, 5) is 84.0. The summed E-state index contributed by atoms with van der Waals surface area (Å²) >= 11 is 0. The number of benzene rings is 2. The van der Waals surface area contributed by atoms with Gasteiger partial charge in [0.25, 0.3) is 29.2 Å². The van der Waals surface area contributed by atoms with Crippen LogP contribution >= 0.6 is 0 Å². The van der Waals surface area contributed by atoms with Gasteiger partial charge in [-0.1, -0.05) is 12.1 Å². The lowest BCUT2D eigenvalue weighted by atomic mass is 9.95. The van der Waals surface area contributed by atoms with Crippen molar-refractivity contribution in [3.63, 3.8) is 0 Å². The minimum atomic E-state index is -3.61. The second kappa shape index (κ2) is 16.8. The Hall–Kier alpha value is -5.81. The number of anilines is 1. The summed E-state index contributed by atoms with van der Waals surface area (Å²) in [5.41, 5.74) is 10.2. The average molecular weight is 827 g/mol. The van der Waals surface area contributed by atoms with E-state index in [1.165, 1.54) is 11.6 Å². The number of amides is 5. The Labute approximate surface area is 341 Å². The number of nitrogens with two attached hydrogens (primary N) is 1. The molecular formula is C42H50N8O8S. The van der Waals surface area contributed by atoms with Crippen molar-refractivity contribution in [3.05, 3.63) is 86.5 Å². The lowest BCUT2D eigenvalue weighted by Crippen LogP contribution is -2.53. The largest absolute Gasteiger partial charge is 0.384 e. The summed E-state index contributed by atoms with van der Waals surface area (Å²) in [6, 6.07) is 9.82. The molecule has 2 fully saturated rings. The molecule has 2 aromatic heterocycles. The van der Waals surface area contributed by atoms with Gasteiger partial charge >= 0.3 is 0 Å². The third-order valence-electron chi connectivity index (χ3n) is 11.4. The Morgan fingerprint density at radius 2 is 1.68 bits per heavy atom. The highest BCUT2D eigenvalue weighted by atomic mass is 32.2. The highest BCUT2D eigenvalue weighted by Gasteiger charge is 2.42. The molecule has 312 valence electrons. The Balaban J connectivity index is 1.10. The summed E-state index contributed by atoms with van der Waals surface area (Å²) in [5.74, 6) is -1.66. The van der Waals surface area contributed by atoms with Crippen LogP contribution in [0.3, 0.4) is 0 Å². The van der Waals surface area contributed by atoms with Crippen LogP contribution in [0.15, 0.2) is 47.4 Å². The van der Waals surface area contributed by atoms with Crippen LogP contribution in [0.1, 0.15) is 86.4 Å². The summed E-state index contributed by atoms with van der Waals surface area (Å²) in [7, 11) is -0.568. The van der Waals surface area contributed by atoms with E-state index in [-0.39, 0.29) is 71.7 Å². The molecule has 2 aliphatic heterocycles. The van der Waals surface area contributed by atoms with Gasteiger partial charge in [0.1, 0.15) is 17.3 Å². The number of rotatable bonds is 16. The molecule has 4 aromatic rings. The predicted octanol–water partition coefficient (Wildman–Crippen LogP) is 2.44. The molecule has 4 heterocycles. The number of H-pyrrole nitrogens is 1. The van der Waals surface area contributed by atoms with Gasteiger partial charge in [-0.2, -0.15) is 0 Å². The molecule has 1 atom stereocenters. The molecule has 1 saturated carbocycles. The fourth-order valence-electron chi connectivity index (χ4n) is 7.98. The van der Waals surface area contributed by atoms with Crippen LogP contribution in [0, 0.1) is 5.92 Å². The molecule has 16 nitrogen and oxygen atoms in total. The normalized spacial score (nSPS) is 16.8. The highest BCUT2D eigenvalue weighted by Crippen LogP contribution is 2.38. The number of carbonyl (C=O) groups is 5. The van der Waals surface area contributed by atoms with Gasteiger partial charge < -0.3 is 36.1 Å². The van der Waals surface area contributed by atoms with Crippen molar-refractivity contribution >= 4 is 56.0 Å². The highest BCUT2D eigenvalue weighted by molar-refractivity contribution is 7.89. The number of aryl methyl sites for hydroxylation is 2. The lowest BCUT2D eigenvalue weighted by Gasteiger charge is -2.33. The molecule has 7 rings (SSSR count). The number of sulfone groups is 1. The van der Waals surface area contributed by atoms with Crippen molar-refractivity contribution in [1.82, 2.24) is 30.0 Å². The number of nitrogens with zero attached hydrogens (tertiary/aromatic N) is 3. The van der Waals surface area contributed by atoms with E-state index in [9.17, 15) is 37.2 Å². The Kier molecular flexibility index (Phi) is 11.8. The number of unbranched alkanes of at least 4 members (excludes halogenated alkanes) is 1. The van der Waals surface area contributed by atoms with Crippen LogP contribution in [-0.4, -0.2) is 103 Å². The number of carbonyl (C=O) groups excluding carboxylic acids is 5. The smallest absolute Gasteiger partial charge is 0.274 e. The number of aromatic amines is 1. The van der Waals surface area contributed by atoms with Crippen LogP contribution in [0.4, 0.5) is 5.69 Å². The molecule has 2 aromatic carbocycles. The molecule has 1 unspecified atom stereocenters. The van der Waals surface area contributed by atoms with E-state index in [0.717, 1.165) is 35.1 Å². The average Bonchev–Trinajstić information content (AvgIpc) is 3.82. The van der Waals surface area contributed by atoms with Crippen molar-refractivity contribution in [2.24, 2.45) is 18.7 Å². The monoisotopic (exact) mass is 826 g/mol. The molecule has 3 aliphatic rings. The summed E-state index contributed by atoms with van der Waals surface area (Å²) in [6.45, 7) is 1.72. The molecule has 0 radical (unpaired) electrons. The van der Waals surface area contributed by atoms with Crippen LogP contribution in [0.2, 0.25) is 0 Å². The third-order valence-corrected chi connectivity index (χ3v) is 12.2. The Morgan fingerprint density at radius 3 is 2.41 bits per heavy atom. The molecular weight excluding hydrogens is 777 g/mol.